The summed E-state index contributed by atoms with van der Waals surface area (Å²) in [5, 5.41) is 13.4. The minimum atomic E-state index is -0.435. The van der Waals surface area contributed by atoms with Crippen LogP contribution in [0.3, 0.4) is 0 Å². The van der Waals surface area contributed by atoms with Gasteiger partial charge in [0, 0.05) is 17.1 Å². The number of carbonyl (C=O) groups is 1. The number of halogens is 1. The van der Waals surface area contributed by atoms with E-state index < -0.39 is 6.10 Å². The molecule has 0 aliphatic carbocycles. The lowest BCUT2D eigenvalue weighted by Crippen LogP contribution is -2.48. The van der Waals surface area contributed by atoms with Crippen LogP contribution in [-0.2, 0) is 4.79 Å². The van der Waals surface area contributed by atoms with Crippen molar-refractivity contribution < 1.29 is 14.6 Å². The molecule has 1 saturated heterocycles. The molecule has 2 atom stereocenters. The molecule has 1 heterocycles. The van der Waals surface area contributed by atoms with E-state index in [1.54, 1.807) is 26.2 Å². The summed E-state index contributed by atoms with van der Waals surface area (Å²) in [5.41, 5.74) is 1.49. The SMILES string of the molecule is COc1cc(Cl)c(C)cc1NC(=O)CN1CCCCC1C(C)O. The van der Waals surface area contributed by atoms with Crippen molar-refractivity contribution in [2.24, 2.45) is 0 Å². The van der Waals surface area contributed by atoms with E-state index in [1.807, 2.05) is 6.92 Å². The van der Waals surface area contributed by atoms with E-state index in [0.29, 0.717) is 16.5 Å². The van der Waals surface area contributed by atoms with Gasteiger partial charge in [-0.15, -0.1) is 0 Å². The van der Waals surface area contributed by atoms with Gasteiger partial charge in [-0.3, -0.25) is 9.69 Å². The number of aliphatic hydroxyl groups excluding tert-OH is 1. The van der Waals surface area contributed by atoms with Crippen molar-refractivity contribution >= 4 is 23.2 Å². The van der Waals surface area contributed by atoms with Crippen LogP contribution < -0.4 is 10.1 Å². The van der Waals surface area contributed by atoms with Gasteiger partial charge in [-0.25, -0.2) is 0 Å². The third-order valence-electron chi connectivity index (χ3n) is 4.32. The Morgan fingerprint density at radius 2 is 2.26 bits per heavy atom. The molecule has 1 aliphatic heterocycles. The van der Waals surface area contributed by atoms with Crippen molar-refractivity contribution in [2.75, 3.05) is 25.5 Å². The first-order chi connectivity index (χ1) is 10.9. The Morgan fingerprint density at radius 1 is 1.52 bits per heavy atom. The summed E-state index contributed by atoms with van der Waals surface area (Å²) < 4.78 is 5.28. The van der Waals surface area contributed by atoms with Crippen molar-refractivity contribution in [1.82, 2.24) is 4.90 Å². The number of aliphatic hydroxyl groups is 1. The number of nitrogens with zero attached hydrogens (tertiary/aromatic N) is 1. The van der Waals surface area contributed by atoms with Gasteiger partial charge >= 0.3 is 0 Å². The molecule has 1 fully saturated rings. The van der Waals surface area contributed by atoms with E-state index in [1.165, 1.54) is 0 Å². The molecule has 0 aromatic heterocycles. The highest BCUT2D eigenvalue weighted by atomic mass is 35.5. The Bertz CT molecular complexity index is 563. The van der Waals surface area contributed by atoms with Crippen LogP contribution >= 0.6 is 11.6 Å². The fraction of sp³-hybridized carbons (Fsp3) is 0.588. The average Bonchev–Trinajstić information content (AvgIpc) is 2.50. The largest absolute Gasteiger partial charge is 0.495 e. The maximum absolute atomic E-state index is 12.4. The molecule has 23 heavy (non-hydrogen) atoms. The van der Waals surface area contributed by atoms with Gasteiger partial charge in [0.25, 0.3) is 0 Å². The minimum Gasteiger partial charge on any atom is -0.495 e. The number of piperidine rings is 1. The number of nitrogens with one attached hydrogen (secondary N) is 1. The lowest BCUT2D eigenvalue weighted by Gasteiger charge is -2.36. The van der Waals surface area contributed by atoms with Gasteiger partial charge in [-0.1, -0.05) is 18.0 Å². The van der Waals surface area contributed by atoms with E-state index in [0.717, 1.165) is 31.4 Å². The first kappa shape index (κ1) is 18.0. The van der Waals surface area contributed by atoms with Crippen LogP contribution in [-0.4, -0.2) is 48.3 Å². The van der Waals surface area contributed by atoms with Crippen molar-refractivity contribution in [3.8, 4) is 5.75 Å². The fourth-order valence-corrected chi connectivity index (χ4v) is 3.22. The van der Waals surface area contributed by atoms with Gasteiger partial charge in [0.1, 0.15) is 5.75 Å². The summed E-state index contributed by atoms with van der Waals surface area (Å²) in [7, 11) is 1.55. The maximum Gasteiger partial charge on any atom is 0.238 e. The third-order valence-corrected chi connectivity index (χ3v) is 4.73. The van der Waals surface area contributed by atoms with Crippen LogP contribution in [0.4, 0.5) is 5.69 Å². The summed E-state index contributed by atoms with van der Waals surface area (Å²) in [6.45, 7) is 4.76. The number of hydrogen-bond acceptors (Lipinski definition) is 4. The average molecular weight is 341 g/mol. The van der Waals surface area contributed by atoms with Gasteiger partial charge in [0.2, 0.25) is 5.91 Å². The molecule has 5 nitrogen and oxygen atoms in total. The summed E-state index contributed by atoms with van der Waals surface area (Å²) in [6, 6.07) is 3.55. The normalized spacial score (nSPS) is 20.1. The quantitative estimate of drug-likeness (QED) is 0.865. The summed E-state index contributed by atoms with van der Waals surface area (Å²) in [4.78, 5) is 14.4. The van der Waals surface area contributed by atoms with Crippen LogP contribution in [0.5, 0.6) is 5.75 Å². The number of methoxy groups -OCH3 is 1. The zero-order valence-electron chi connectivity index (χ0n) is 13.9. The van der Waals surface area contributed by atoms with Crippen molar-refractivity contribution in [2.45, 2.75) is 45.3 Å². The number of benzene rings is 1. The molecular formula is C17H25ClN2O3. The first-order valence-electron chi connectivity index (χ1n) is 7.98. The Hall–Kier alpha value is -1.30. The predicted molar refractivity (Wildman–Crippen MR) is 92.3 cm³/mol. The smallest absolute Gasteiger partial charge is 0.238 e. The number of aryl methyl sites for hydroxylation is 1. The number of anilines is 1. The van der Waals surface area contributed by atoms with Gasteiger partial charge in [0.05, 0.1) is 25.4 Å². The van der Waals surface area contributed by atoms with E-state index in [4.69, 9.17) is 16.3 Å². The summed E-state index contributed by atoms with van der Waals surface area (Å²) in [5.74, 6) is 0.428. The predicted octanol–water partition coefficient (Wildman–Crippen LogP) is 2.83. The molecule has 0 saturated carbocycles. The van der Waals surface area contributed by atoms with E-state index in [2.05, 4.69) is 10.2 Å². The molecule has 2 N–H and O–H groups in total. The van der Waals surface area contributed by atoms with Gasteiger partial charge in [0.15, 0.2) is 0 Å². The second-order valence-corrected chi connectivity index (χ2v) is 6.53. The second-order valence-electron chi connectivity index (χ2n) is 6.12. The molecular weight excluding hydrogens is 316 g/mol. The first-order valence-corrected chi connectivity index (χ1v) is 8.36. The Labute approximate surface area is 142 Å². The van der Waals surface area contributed by atoms with Crippen molar-refractivity contribution in [3.63, 3.8) is 0 Å². The van der Waals surface area contributed by atoms with E-state index in [9.17, 15) is 9.90 Å². The highest BCUT2D eigenvalue weighted by Crippen LogP contribution is 2.31. The Balaban J connectivity index is 2.06. The maximum atomic E-state index is 12.4. The van der Waals surface area contributed by atoms with Gasteiger partial charge in [-0.2, -0.15) is 0 Å². The van der Waals surface area contributed by atoms with Gasteiger partial charge in [-0.05, 0) is 44.9 Å². The standard InChI is InChI=1S/C17H25ClN2O3/c1-11-8-14(16(23-3)9-13(11)18)19-17(22)10-20-7-5-4-6-15(20)12(2)21/h8-9,12,15,21H,4-7,10H2,1-3H3,(H,19,22). The molecule has 1 amide bonds. The topological polar surface area (TPSA) is 61.8 Å². The molecule has 0 spiro atoms. The fourth-order valence-electron chi connectivity index (χ4n) is 3.06. The molecule has 128 valence electrons. The number of likely N-dealkylation sites (tertiary alicyclic amines) is 1. The Kier molecular flexibility index (Phi) is 6.27. The zero-order valence-corrected chi connectivity index (χ0v) is 14.7. The molecule has 0 bridgehead atoms. The molecule has 1 aliphatic rings. The van der Waals surface area contributed by atoms with Crippen LogP contribution in [0, 0.1) is 6.92 Å². The number of carbonyl (C=O) groups excluding carboxylic acids is 1. The number of hydrogen-bond donors (Lipinski definition) is 2. The molecule has 2 unspecified atom stereocenters. The highest BCUT2D eigenvalue weighted by Gasteiger charge is 2.27. The lowest BCUT2D eigenvalue weighted by atomic mass is 9.98. The molecule has 1 aromatic rings. The van der Waals surface area contributed by atoms with Crippen LogP contribution in [0.2, 0.25) is 5.02 Å². The second kappa shape index (κ2) is 7.99. The van der Waals surface area contributed by atoms with Crippen molar-refractivity contribution in [3.05, 3.63) is 22.7 Å². The Morgan fingerprint density at radius 3 is 2.91 bits per heavy atom. The van der Waals surface area contributed by atoms with Crippen LogP contribution in [0.15, 0.2) is 12.1 Å². The third kappa shape index (κ3) is 4.59. The molecule has 1 aromatic carbocycles. The number of ether oxygens (including phenoxy) is 1. The summed E-state index contributed by atoms with van der Waals surface area (Å²) in [6.07, 6.45) is 2.64. The van der Waals surface area contributed by atoms with E-state index in [-0.39, 0.29) is 18.5 Å². The minimum absolute atomic E-state index is 0.0448. The van der Waals surface area contributed by atoms with Crippen LogP contribution in [0.25, 0.3) is 0 Å². The van der Waals surface area contributed by atoms with Gasteiger partial charge < -0.3 is 15.2 Å². The molecule has 0 radical (unpaired) electrons. The van der Waals surface area contributed by atoms with Crippen LogP contribution in [0.1, 0.15) is 31.7 Å². The highest BCUT2D eigenvalue weighted by molar-refractivity contribution is 6.31. The number of amides is 1. The number of rotatable bonds is 5. The lowest BCUT2D eigenvalue weighted by molar-refractivity contribution is -0.118. The van der Waals surface area contributed by atoms with Crippen molar-refractivity contribution in [1.29, 1.82) is 0 Å². The monoisotopic (exact) mass is 340 g/mol. The molecule has 2 rings (SSSR count). The zero-order chi connectivity index (χ0) is 17.0. The molecule has 6 heteroatoms. The summed E-state index contributed by atoms with van der Waals surface area (Å²) >= 11 is 6.08. The van der Waals surface area contributed by atoms with E-state index >= 15 is 0 Å².